The zero-order valence-electron chi connectivity index (χ0n) is 10.6. The highest BCUT2D eigenvalue weighted by atomic mass is 32.2. The molecule has 7 heteroatoms. The van der Waals surface area contributed by atoms with E-state index in [4.69, 9.17) is 0 Å². The molecular weight excluding hydrogens is 268 g/mol. The zero-order valence-corrected chi connectivity index (χ0v) is 11.4. The minimum Gasteiger partial charge on any atom is -0.381 e. The van der Waals surface area contributed by atoms with Crippen LogP contribution >= 0.6 is 0 Å². The van der Waals surface area contributed by atoms with Crippen LogP contribution < -0.4 is 5.32 Å². The summed E-state index contributed by atoms with van der Waals surface area (Å²) in [6, 6.07) is 4.55. The summed E-state index contributed by atoms with van der Waals surface area (Å²) in [7, 11) is -2.98. The van der Waals surface area contributed by atoms with Crippen LogP contribution in [0.25, 0.3) is 0 Å². The topological polar surface area (TPSA) is 89.3 Å². The number of nitro groups is 1. The van der Waals surface area contributed by atoms with Crippen molar-refractivity contribution in [2.45, 2.75) is 25.8 Å². The van der Waals surface area contributed by atoms with Gasteiger partial charge in [0.05, 0.1) is 16.4 Å². The Morgan fingerprint density at radius 1 is 1.37 bits per heavy atom. The molecule has 0 saturated carbocycles. The summed E-state index contributed by atoms with van der Waals surface area (Å²) in [5.74, 6) is 0.327. The second-order valence-electron chi connectivity index (χ2n) is 4.91. The van der Waals surface area contributed by atoms with Crippen LogP contribution in [-0.2, 0) is 9.84 Å². The van der Waals surface area contributed by atoms with Gasteiger partial charge in [0.15, 0.2) is 9.84 Å². The van der Waals surface area contributed by atoms with Gasteiger partial charge >= 0.3 is 0 Å². The van der Waals surface area contributed by atoms with Gasteiger partial charge in [0.25, 0.3) is 5.69 Å². The van der Waals surface area contributed by atoms with Crippen LogP contribution in [0.2, 0.25) is 0 Å². The lowest BCUT2D eigenvalue weighted by molar-refractivity contribution is -0.384. The molecule has 0 aliphatic carbocycles. The summed E-state index contributed by atoms with van der Waals surface area (Å²) in [6.45, 7) is 1.77. The van der Waals surface area contributed by atoms with E-state index in [1.54, 1.807) is 13.0 Å². The number of nitrogens with zero attached hydrogens (tertiary/aromatic N) is 1. The first-order valence-corrected chi connectivity index (χ1v) is 7.91. The lowest BCUT2D eigenvalue weighted by Crippen LogP contribution is -2.34. The number of rotatable bonds is 3. The van der Waals surface area contributed by atoms with Crippen LogP contribution in [-0.4, -0.2) is 30.9 Å². The van der Waals surface area contributed by atoms with Gasteiger partial charge in [-0.25, -0.2) is 8.42 Å². The zero-order chi connectivity index (χ0) is 14.0. The number of hydrogen-bond donors (Lipinski definition) is 1. The molecule has 1 aromatic carbocycles. The van der Waals surface area contributed by atoms with Gasteiger partial charge in [0.1, 0.15) is 0 Å². The van der Waals surface area contributed by atoms with Gasteiger partial charge in [-0.15, -0.1) is 0 Å². The van der Waals surface area contributed by atoms with Crippen LogP contribution in [0.1, 0.15) is 18.4 Å². The Kier molecular flexibility index (Phi) is 3.75. The van der Waals surface area contributed by atoms with Crippen LogP contribution in [0.4, 0.5) is 11.4 Å². The van der Waals surface area contributed by atoms with Crippen molar-refractivity contribution in [3.05, 3.63) is 33.9 Å². The van der Waals surface area contributed by atoms with E-state index in [1.807, 2.05) is 0 Å². The normalized spacial score (nSPS) is 21.8. The molecule has 1 atom stereocenters. The Bertz CT molecular complexity index is 598. The van der Waals surface area contributed by atoms with Crippen molar-refractivity contribution in [3.63, 3.8) is 0 Å². The molecular formula is C12H16N2O4S. The first kappa shape index (κ1) is 13.8. The summed E-state index contributed by atoms with van der Waals surface area (Å²) in [5, 5.41) is 13.9. The van der Waals surface area contributed by atoms with Gasteiger partial charge in [-0.2, -0.15) is 0 Å². The highest BCUT2D eigenvalue weighted by Crippen LogP contribution is 2.23. The first-order chi connectivity index (χ1) is 8.85. The van der Waals surface area contributed by atoms with E-state index < -0.39 is 14.8 Å². The number of hydrogen-bond acceptors (Lipinski definition) is 5. The standard InChI is InChI=1S/C12H16N2O4S/c1-9-5-11(7-12(6-9)14(15)16)13-10-3-2-4-19(17,18)8-10/h5-7,10,13H,2-4,8H2,1H3. The fourth-order valence-corrected chi connectivity index (χ4v) is 3.96. The van der Waals surface area contributed by atoms with E-state index in [1.165, 1.54) is 12.1 Å². The molecule has 1 unspecified atom stereocenters. The molecule has 2 rings (SSSR count). The summed E-state index contributed by atoms with van der Waals surface area (Å²) in [5.41, 5.74) is 1.39. The van der Waals surface area contributed by atoms with Gasteiger partial charge in [0, 0.05) is 23.9 Å². The number of nitro benzene ring substituents is 1. The SMILES string of the molecule is Cc1cc(NC2CCCS(=O)(=O)C2)cc([N+](=O)[O-])c1. The molecule has 104 valence electrons. The van der Waals surface area contributed by atoms with E-state index in [9.17, 15) is 18.5 Å². The second kappa shape index (κ2) is 5.16. The molecule has 19 heavy (non-hydrogen) atoms. The van der Waals surface area contributed by atoms with Gasteiger partial charge in [0.2, 0.25) is 0 Å². The smallest absolute Gasteiger partial charge is 0.271 e. The Morgan fingerprint density at radius 3 is 2.74 bits per heavy atom. The molecule has 0 aromatic heterocycles. The number of anilines is 1. The summed E-state index contributed by atoms with van der Waals surface area (Å²) < 4.78 is 23.1. The average molecular weight is 284 g/mol. The number of benzene rings is 1. The Hall–Kier alpha value is -1.63. The molecule has 6 nitrogen and oxygen atoms in total. The van der Waals surface area contributed by atoms with Crippen molar-refractivity contribution in [1.82, 2.24) is 0 Å². The molecule has 1 aliphatic rings. The van der Waals surface area contributed by atoms with Crippen molar-refractivity contribution >= 4 is 21.2 Å². The second-order valence-corrected chi connectivity index (χ2v) is 7.14. The van der Waals surface area contributed by atoms with Gasteiger partial charge in [-0.05, 0) is 31.4 Å². The predicted molar refractivity (Wildman–Crippen MR) is 73.1 cm³/mol. The monoisotopic (exact) mass is 284 g/mol. The fourth-order valence-electron chi connectivity index (χ4n) is 2.32. The molecule has 0 bridgehead atoms. The highest BCUT2D eigenvalue weighted by Gasteiger charge is 2.24. The van der Waals surface area contributed by atoms with Gasteiger partial charge in [-0.3, -0.25) is 10.1 Å². The van der Waals surface area contributed by atoms with E-state index in [-0.39, 0.29) is 23.2 Å². The maximum atomic E-state index is 11.5. The van der Waals surface area contributed by atoms with Crippen molar-refractivity contribution in [3.8, 4) is 0 Å². The van der Waals surface area contributed by atoms with Crippen molar-refractivity contribution in [2.75, 3.05) is 16.8 Å². The van der Waals surface area contributed by atoms with Gasteiger partial charge in [-0.1, -0.05) is 0 Å². The third-order valence-electron chi connectivity index (χ3n) is 3.11. The lowest BCUT2D eigenvalue weighted by Gasteiger charge is -2.24. The molecule has 1 fully saturated rings. The minimum absolute atomic E-state index is 0.0150. The third kappa shape index (κ3) is 3.66. The van der Waals surface area contributed by atoms with Crippen molar-refractivity contribution in [2.24, 2.45) is 0 Å². The van der Waals surface area contributed by atoms with E-state index in [2.05, 4.69) is 5.32 Å². The minimum atomic E-state index is -2.98. The Morgan fingerprint density at radius 2 is 2.11 bits per heavy atom. The van der Waals surface area contributed by atoms with E-state index in [0.29, 0.717) is 12.1 Å². The van der Waals surface area contributed by atoms with Crippen LogP contribution in [0.3, 0.4) is 0 Å². The largest absolute Gasteiger partial charge is 0.381 e. The lowest BCUT2D eigenvalue weighted by atomic mass is 10.1. The number of aryl methyl sites for hydroxylation is 1. The molecule has 1 aliphatic heterocycles. The molecule has 1 heterocycles. The molecule has 0 amide bonds. The number of non-ortho nitro benzene ring substituents is 1. The molecule has 1 aromatic rings. The summed E-state index contributed by atoms with van der Waals surface area (Å²) >= 11 is 0. The molecule has 0 radical (unpaired) electrons. The fraction of sp³-hybridized carbons (Fsp3) is 0.500. The molecule has 1 N–H and O–H groups in total. The first-order valence-electron chi connectivity index (χ1n) is 6.09. The Labute approximate surface area is 111 Å². The molecule has 0 spiro atoms. The maximum absolute atomic E-state index is 11.5. The average Bonchev–Trinajstić information content (AvgIpc) is 2.26. The van der Waals surface area contributed by atoms with Crippen LogP contribution in [0.15, 0.2) is 18.2 Å². The van der Waals surface area contributed by atoms with E-state index >= 15 is 0 Å². The highest BCUT2D eigenvalue weighted by molar-refractivity contribution is 7.91. The van der Waals surface area contributed by atoms with E-state index in [0.717, 1.165) is 12.0 Å². The Balaban J connectivity index is 2.17. The van der Waals surface area contributed by atoms with Crippen LogP contribution in [0, 0.1) is 17.0 Å². The predicted octanol–water partition coefficient (Wildman–Crippen LogP) is 1.89. The third-order valence-corrected chi connectivity index (χ3v) is 4.93. The van der Waals surface area contributed by atoms with Crippen molar-refractivity contribution in [1.29, 1.82) is 0 Å². The van der Waals surface area contributed by atoms with Crippen molar-refractivity contribution < 1.29 is 13.3 Å². The summed E-state index contributed by atoms with van der Waals surface area (Å²) in [4.78, 5) is 10.3. The molecule has 1 saturated heterocycles. The van der Waals surface area contributed by atoms with Gasteiger partial charge < -0.3 is 5.32 Å². The number of nitrogens with one attached hydrogen (secondary N) is 1. The maximum Gasteiger partial charge on any atom is 0.271 e. The van der Waals surface area contributed by atoms with Crippen LogP contribution in [0.5, 0.6) is 0 Å². The summed E-state index contributed by atoms with van der Waals surface area (Å²) in [6.07, 6.45) is 1.40. The quantitative estimate of drug-likeness (QED) is 0.676. The number of sulfone groups is 1.